The number of carbonyl (C=O) groups is 1. The Labute approximate surface area is 238 Å². The van der Waals surface area contributed by atoms with Crippen molar-refractivity contribution >= 4 is 45.0 Å². The molecule has 3 aliphatic rings. The Bertz CT molecular complexity index is 1500. The lowest BCUT2D eigenvalue weighted by atomic mass is 9.70. The second-order valence-corrected chi connectivity index (χ2v) is 14.1. The SMILES string of the molecule is O=C(NCCc1ccccc1Cl)c1ccc2c(c1)C1(CCSCC1)C(C1CC1)N2S(=O)(=O)c1ccc(F)cc1. The van der Waals surface area contributed by atoms with Crippen molar-refractivity contribution in [1.82, 2.24) is 5.32 Å². The predicted octanol–water partition coefficient (Wildman–Crippen LogP) is 6.20. The minimum absolute atomic E-state index is 0.0872. The van der Waals surface area contributed by atoms with Gasteiger partial charge in [-0.05, 0) is 109 Å². The first kappa shape index (κ1) is 26.7. The van der Waals surface area contributed by atoms with E-state index in [0.29, 0.717) is 29.2 Å². The van der Waals surface area contributed by atoms with E-state index in [4.69, 9.17) is 11.6 Å². The molecule has 1 spiro atoms. The second-order valence-electron chi connectivity index (χ2n) is 10.6. The minimum atomic E-state index is -3.93. The van der Waals surface area contributed by atoms with Crippen molar-refractivity contribution in [2.75, 3.05) is 22.4 Å². The number of hydrogen-bond donors (Lipinski definition) is 1. The highest BCUT2D eigenvalue weighted by Gasteiger charge is 2.59. The average Bonchev–Trinajstić information content (AvgIpc) is 3.74. The molecule has 2 aliphatic heterocycles. The molecule has 204 valence electrons. The molecular formula is C30H30ClFN2O3S2. The molecule has 1 aliphatic carbocycles. The molecule has 2 fully saturated rings. The quantitative estimate of drug-likeness (QED) is 0.359. The second kappa shape index (κ2) is 10.5. The van der Waals surface area contributed by atoms with Crippen molar-refractivity contribution in [3.63, 3.8) is 0 Å². The number of sulfonamides is 1. The molecular weight excluding hydrogens is 555 g/mol. The lowest BCUT2D eigenvalue weighted by molar-refractivity contribution is 0.0954. The summed E-state index contributed by atoms with van der Waals surface area (Å²) in [5, 5.41) is 3.68. The highest BCUT2D eigenvalue weighted by atomic mass is 35.5. The van der Waals surface area contributed by atoms with E-state index >= 15 is 0 Å². The highest BCUT2D eigenvalue weighted by molar-refractivity contribution is 7.99. The van der Waals surface area contributed by atoms with Crippen LogP contribution in [0.1, 0.15) is 47.2 Å². The molecule has 1 saturated carbocycles. The number of rotatable bonds is 7. The maximum Gasteiger partial charge on any atom is 0.264 e. The van der Waals surface area contributed by atoms with Gasteiger partial charge >= 0.3 is 0 Å². The third-order valence-corrected chi connectivity index (χ3v) is 11.5. The third-order valence-electron chi connectivity index (χ3n) is 8.31. The summed E-state index contributed by atoms with van der Waals surface area (Å²) in [6.45, 7) is 0.442. The van der Waals surface area contributed by atoms with Crippen molar-refractivity contribution in [3.8, 4) is 0 Å². The summed E-state index contributed by atoms with van der Waals surface area (Å²) in [6.07, 6.45) is 4.30. The fourth-order valence-electron chi connectivity index (χ4n) is 6.27. The Balaban J connectivity index is 1.36. The van der Waals surface area contributed by atoms with Crippen LogP contribution in [0.3, 0.4) is 0 Å². The van der Waals surface area contributed by atoms with E-state index < -0.39 is 15.8 Å². The number of nitrogens with zero attached hydrogens (tertiary/aromatic N) is 1. The van der Waals surface area contributed by atoms with Crippen LogP contribution in [0, 0.1) is 11.7 Å². The van der Waals surface area contributed by atoms with Crippen molar-refractivity contribution < 1.29 is 17.6 Å². The van der Waals surface area contributed by atoms with E-state index in [1.807, 2.05) is 42.1 Å². The number of thioether (sulfide) groups is 1. The van der Waals surface area contributed by atoms with Gasteiger partial charge in [-0.25, -0.2) is 12.8 Å². The summed E-state index contributed by atoms with van der Waals surface area (Å²) in [6, 6.07) is 17.9. The van der Waals surface area contributed by atoms with Gasteiger partial charge in [0.2, 0.25) is 0 Å². The zero-order valence-corrected chi connectivity index (χ0v) is 23.8. The first-order chi connectivity index (χ1) is 18.8. The summed E-state index contributed by atoms with van der Waals surface area (Å²) in [7, 11) is -3.93. The predicted molar refractivity (Wildman–Crippen MR) is 155 cm³/mol. The number of anilines is 1. The van der Waals surface area contributed by atoms with E-state index in [1.165, 1.54) is 24.3 Å². The lowest BCUT2D eigenvalue weighted by Gasteiger charge is -2.41. The Hall–Kier alpha value is -2.55. The topological polar surface area (TPSA) is 66.5 Å². The Kier molecular flexibility index (Phi) is 7.14. The van der Waals surface area contributed by atoms with Crippen LogP contribution in [0.25, 0.3) is 0 Å². The van der Waals surface area contributed by atoms with Crippen molar-refractivity contribution in [2.24, 2.45) is 5.92 Å². The number of amides is 1. The third kappa shape index (κ3) is 4.85. The minimum Gasteiger partial charge on any atom is -0.352 e. The van der Waals surface area contributed by atoms with Gasteiger partial charge in [0, 0.05) is 22.5 Å². The van der Waals surface area contributed by atoms with E-state index in [1.54, 1.807) is 16.4 Å². The van der Waals surface area contributed by atoms with E-state index in [9.17, 15) is 17.6 Å². The van der Waals surface area contributed by atoms with Gasteiger partial charge < -0.3 is 5.32 Å². The standard InChI is InChI=1S/C30H30ClFN2O3S2/c31-26-4-2-1-3-20(26)13-16-33-29(35)22-7-12-27-25(19-22)30(14-17-38-18-15-30)28(21-5-6-21)34(27)39(36,37)24-10-8-23(32)9-11-24/h1-4,7-12,19,21,28H,5-6,13-18H2,(H,33,35). The molecule has 5 nitrogen and oxygen atoms in total. The van der Waals surface area contributed by atoms with Crippen LogP contribution in [0.5, 0.6) is 0 Å². The molecule has 0 aromatic heterocycles. The van der Waals surface area contributed by atoms with Crippen LogP contribution in [-0.4, -0.2) is 38.4 Å². The molecule has 39 heavy (non-hydrogen) atoms. The zero-order chi connectivity index (χ0) is 27.2. The highest BCUT2D eigenvalue weighted by Crippen LogP contribution is 2.59. The van der Waals surface area contributed by atoms with Gasteiger partial charge in [-0.3, -0.25) is 9.10 Å². The molecule has 0 bridgehead atoms. The molecule has 3 aromatic rings. The molecule has 2 heterocycles. The number of benzene rings is 3. The maximum atomic E-state index is 14.1. The molecule has 0 radical (unpaired) electrons. The summed E-state index contributed by atoms with van der Waals surface area (Å²) in [5.41, 5.74) is 2.75. The van der Waals surface area contributed by atoms with Gasteiger partial charge in [-0.15, -0.1) is 0 Å². The van der Waals surface area contributed by atoms with Crippen molar-refractivity contribution in [3.05, 3.63) is 94.3 Å². The van der Waals surface area contributed by atoms with Gasteiger partial charge in [-0.1, -0.05) is 29.8 Å². The van der Waals surface area contributed by atoms with Crippen LogP contribution in [0.4, 0.5) is 10.1 Å². The Morgan fingerprint density at radius 3 is 2.46 bits per heavy atom. The van der Waals surface area contributed by atoms with Gasteiger partial charge in [0.1, 0.15) is 5.82 Å². The fraction of sp³-hybridized carbons (Fsp3) is 0.367. The molecule has 1 N–H and O–H groups in total. The van der Waals surface area contributed by atoms with Crippen LogP contribution < -0.4 is 9.62 Å². The summed E-state index contributed by atoms with van der Waals surface area (Å²) in [5.74, 6) is 1.50. The van der Waals surface area contributed by atoms with Crippen LogP contribution in [-0.2, 0) is 21.9 Å². The Morgan fingerprint density at radius 2 is 1.77 bits per heavy atom. The number of carbonyl (C=O) groups excluding carboxylic acids is 1. The Morgan fingerprint density at radius 1 is 1.05 bits per heavy atom. The fourth-order valence-corrected chi connectivity index (χ4v) is 9.52. The van der Waals surface area contributed by atoms with Crippen LogP contribution in [0.2, 0.25) is 5.02 Å². The van der Waals surface area contributed by atoms with Gasteiger partial charge in [-0.2, -0.15) is 11.8 Å². The molecule has 1 saturated heterocycles. The maximum absolute atomic E-state index is 14.1. The molecule has 9 heteroatoms. The molecule has 6 rings (SSSR count). The van der Waals surface area contributed by atoms with Crippen molar-refractivity contribution in [1.29, 1.82) is 0 Å². The summed E-state index contributed by atoms with van der Waals surface area (Å²) in [4.78, 5) is 13.3. The number of fused-ring (bicyclic) bond motifs is 2. The van der Waals surface area contributed by atoms with Crippen LogP contribution in [0.15, 0.2) is 71.6 Å². The zero-order valence-electron chi connectivity index (χ0n) is 21.4. The lowest BCUT2D eigenvalue weighted by Crippen LogP contribution is -2.50. The normalized spacial score (nSPS) is 20.2. The summed E-state index contributed by atoms with van der Waals surface area (Å²) >= 11 is 8.16. The number of hydrogen-bond acceptors (Lipinski definition) is 4. The monoisotopic (exact) mass is 584 g/mol. The smallest absolute Gasteiger partial charge is 0.264 e. The molecule has 1 unspecified atom stereocenters. The largest absolute Gasteiger partial charge is 0.352 e. The molecule has 1 atom stereocenters. The molecule has 3 aromatic carbocycles. The van der Waals surface area contributed by atoms with Gasteiger partial charge in [0.25, 0.3) is 15.9 Å². The van der Waals surface area contributed by atoms with Gasteiger partial charge in [0.15, 0.2) is 0 Å². The number of halogens is 2. The van der Waals surface area contributed by atoms with Crippen LogP contribution >= 0.6 is 23.4 Å². The summed E-state index contributed by atoms with van der Waals surface area (Å²) < 4.78 is 43.5. The molecule has 1 amide bonds. The van der Waals surface area contributed by atoms with E-state index in [-0.39, 0.29) is 28.2 Å². The van der Waals surface area contributed by atoms with Crippen molar-refractivity contribution in [2.45, 2.75) is 48.5 Å². The van der Waals surface area contributed by atoms with Gasteiger partial charge in [0.05, 0.1) is 16.6 Å². The van der Waals surface area contributed by atoms with E-state index in [0.717, 1.165) is 48.3 Å². The average molecular weight is 585 g/mol. The number of nitrogens with one attached hydrogen (secondary N) is 1. The first-order valence-electron chi connectivity index (χ1n) is 13.4. The van der Waals surface area contributed by atoms with E-state index in [2.05, 4.69) is 5.32 Å². The first-order valence-corrected chi connectivity index (χ1v) is 16.3.